The highest BCUT2D eigenvalue weighted by Gasteiger charge is 2.13. The Morgan fingerprint density at radius 2 is 2.21 bits per heavy atom. The fourth-order valence-electron chi connectivity index (χ4n) is 0.790. The van der Waals surface area contributed by atoms with Crippen molar-refractivity contribution < 1.29 is 19.5 Å². The molecule has 14 heavy (non-hydrogen) atoms. The van der Waals surface area contributed by atoms with E-state index in [4.69, 9.17) is 5.73 Å². The van der Waals surface area contributed by atoms with E-state index in [9.17, 15) is 14.9 Å². The number of carbonyl (C=O) groups excluding carboxylic acids is 1. The van der Waals surface area contributed by atoms with Gasteiger partial charge in [0.25, 0.3) is 5.09 Å². The Morgan fingerprint density at radius 3 is 2.71 bits per heavy atom. The van der Waals surface area contributed by atoms with Gasteiger partial charge in [0.05, 0.1) is 0 Å². The van der Waals surface area contributed by atoms with Gasteiger partial charge in [0, 0.05) is 0 Å². The van der Waals surface area contributed by atoms with Crippen LogP contribution in [0, 0.1) is 10.1 Å². The van der Waals surface area contributed by atoms with Gasteiger partial charge in [-0.05, 0) is 6.42 Å². The number of nitrogens with zero attached hydrogens (tertiary/aromatic N) is 1. The van der Waals surface area contributed by atoms with Gasteiger partial charge < -0.3 is 15.3 Å². The summed E-state index contributed by atoms with van der Waals surface area (Å²) in [5, 5.41) is 8.75. The average molecular weight is 206 g/mol. The van der Waals surface area contributed by atoms with Gasteiger partial charge in [0.2, 0.25) is 0 Å². The van der Waals surface area contributed by atoms with E-state index < -0.39 is 17.1 Å². The van der Waals surface area contributed by atoms with Gasteiger partial charge in [0.15, 0.2) is 0 Å². The van der Waals surface area contributed by atoms with Crippen molar-refractivity contribution in [3.05, 3.63) is 10.1 Å². The third-order valence-electron chi connectivity index (χ3n) is 1.43. The Balaban J connectivity index is 3.48. The first-order valence-electron chi connectivity index (χ1n) is 4.27. The average Bonchev–Trinajstić information content (AvgIpc) is 2.12. The maximum absolute atomic E-state index is 11.0. The molecule has 0 aromatic heterocycles. The zero-order valence-corrected chi connectivity index (χ0v) is 7.97. The number of rotatable bonds is 7. The lowest BCUT2D eigenvalue weighted by molar-refractivity contribution is -0.757. The number of carbonyl (C=O) groups is 1. The second-order valence-electron chi connectivity index (χ2n) is 2.62. The quantitative estimate of drug-likeness (QED) is 0.269. The maximum Gasteiger partial charge on any atom is 0.322 e. The van der Waals surface area contributed by atoms with Crippen molar-refractivity contribution in [2.24, 2.45) is 5.73 Å². The van der Waals surface area contributed by atoms with Crippen LogP contribution < -0.4 is 5.73 Å². The Hall–Kier alpha value is -1.37. The molecule has 0 aliphatic carbocycles. The number of hydrogen-bond acceptors (Lipinski definition) is 6. The normalized spacial score (nSPS) is 11.9. The molecule has 7 heteroatoms. The van der Waals surface area contributed by atoms with Gasteiger partial charge in [-0.3, -0.25) is 4.79 Å². The summed E-state index contributed by atoms with van der Waals surface area (Å²) < 4.78 is 4.61. The summed E-state index contributed by atoms with van der Waals surface area (Å²) in [6.07, 6.45) is 1.32. The van der Waals surface area contributed by atoms with E-state index in [1.165, 1.54) is 0 Å². The number of hydrogen-bond donors (Lipinski definition) is 1. The van der Waals surface area contributed by atoms with Crippen molar-refractivity contribution in [2.45, 2.75) is 25.8 Å². The first-order chi connectivity index (χ1) is 6.57. The van der Waals surface area contributed by atoms with E-state index in [2.05, 4.69) is 9.57 Å². The summed E-state index contributed by atoms with van der Waals surface area (Å²) in [5.41, 5.74) is 5.42. The molecule has 0 heterocycles. The lowest BCUT2D eigenvalue weighted by atomic mass is 10.2. The molecule has 0 radical (unpaired) electrons. The summed E-state index contributed by atoms with van der Waals surface area (Å²) >= 11 is 0. The van der Waals surface area contributed by atoms with Gasteiger partial charge in [0.1, 0.15) is 19.3 Å². The summed E-state index contributed by atoms with van der Waals surface area (Å²) in [6.45, 7) is 1.47. The van der Waals surface area contributed by atoms with E-state index in [1.807, 2.05) is 6.92 Å². The maximum atomic E-state index is 11.0. The molecule has 0 aliphatic heterocycles. The van der Waals surface area contributed by atoms with Gasteiger partial charge in [-0.2, -0.15) is 0 Å². The monoisotopic (exact) mass is 206 g/mol. The second kappa shape index (κ2) is 7.07. The summed E-state index contributed by atoms with van der Waals surface area (Å²) in [7, 11) is 0. The van der Waals surface area contributed by atoms with Crippen LogP contribution in [0.3, 0.4) is 0 Å². The second-order valence-corrected chi connectivity index (χ2v) is 2.62. The smallest absolute Gasteiger partial charge is 0.322 e. The van der Waals surface area contributed by atoms with Crippen molar-refractivity contribution in [3.63, 3.8) is 0 Å². The van der Waals surface area contributed by atoms with Crippen LogP contribution in [0.4, 0.5) is 0 Å². The third-order valence-corrected chi connectivity index (χ3v) is 1.43. The first kappa shape index (κ1) is 12.6. The van der Waals surface area contributed by atoms with Crippen LogP contribution in [0.25, 0.3) is 0 Å². The lowest BCUT2D eigenvalue weighted by Crippen LogP contribution is -2.32. The van der Waals surface area contributed by atoms with Crippen molar-refractivity contribution in [3.8, 4) is 0 Å². The van der Waals surface area contributed by atoms with Gasteiger partial charge in [-0.15, -0.1) is 10.1 Å². The molecule has 0 aromatic rings. The molecule has 0 spiro atoms. The Labute approximate surface area is 81.3 Å². The van der Waals surface area contributed by atoms with Gasteiger partial charge >= 0.3 is 5.97 Å². The molecule has 0 aromatic carbocycles. The molecule has 0 fully saturated rings. The van der Waals surface area contributed by atoms with E-state index in [0.29, 0.717) is 6.42 Å². The van der Waals surface area contributed by atoms with Gasteiger partial charge in [-0.1, -0.05) is 13.3 Å². The minimum atomic E-state index is -0.945. The fourth-order valence-corrected chi connectivity index (χ4v) is 0.790. The van der Waals surface area contributed by atoms with E-state index in [1.54, 1.807) is 0 Å². The van der Waals surface area contributed by atoms with Crippen LogP contribution in [0.15, 0.2) is 0 Å². The van der Waals surface area contributed by atoms with Crippen molar-refractivity contribution >= 4 is 5.97 Å². The fraction of sp³-hybridized carbons (Fsp3) is 0.857. The molecule has 0 saturated heterocycles. The van der Waals surface area contributed by atoms with E-state index in [-0.39, 0.29) is 13.2 Å². The molecule has 0 unspecified atom stereocenters. The van der Waals surface area contributed by atoms with Crippen LogP contribution in [0.1, 0.15) is 19.8 Å². The van der Waals surface area contributed by atoms with Crippen LogP contribution in [-0.2, 0) is 14.4 Å². The molecular formula is C7H14N2O5. The Kier molecular flexibility index (Phi) is 6.38. The summed E-state index contributed by atoms with van der Waals surface area (Å²) in [4.78, 5) is 24.6. The first-order valence-corrected chi connectivity index (χ1v) is 4.27. The molecule has 7 nitrogen and oxygen atoms in total. The third kappa shape index (κ3) is 6.18. The molecule has 0 rings (SSSR count). The van der Waals surface area contributed by atoms with Crippen molar-refractivity contribution in [2.75, 3.05) is 13.2 Å². The highest BCUT2D eigenvalue weighted by Crippen LogP contribution is 1.95. The van der Waals surface area contributed by atoms with E-state index in [0.717, 1.165) is 6.42 Å². The predicted molar refractivity (Wildman–Crippen MR) is 46.8 cm³/mol. The molecule has 0 bridgehead atoms. The van der Waals surface area contributed by atoms with Crippen molar-refractivity contribution in [1.29, 1.82) is 0 Å². The Morgan fingerprint density at radius 1 is 1.57 bits per heavy atom. The van der Waals surface area contributed by atoms with Crippen molar-refractivity contribution in [1.82, 2.24) is 0 Å². The number of ether oxygens (including phenoxy) is 1. The highest BCUT2D eigenvalue weighted by molar-refractivity contribution is 5.75. The van der Waals surface area contributed by atoms with Crippen LogP contribution >= 0.6 is 0 Å². The minimum Gasteiger partial charge on any atom is -0.462 e. The topological polar surface area (TPSA) is 105 Å². The largest absolute Gasteiger partial charge is 0.462 e. The molecule has 0 saturated carbocycles. The van der Waals surface area contributed by atoms with E-state index >= 15 is 0 Å². The standard InChI is InChI=1S/C7H14N2O5/c1-2-3-6(8)7(10)13-4-5-14-9(11)12/h6H,2-5,8H2,1H3/t6-/m0/s1. The molecule has 82 valence electrons. The number of nitrogens with two attached hydrogens (primary N) is 1. The molecule has 1 atom stereocenters. The minimum absolute atomic E-state index is 0.156. The number of esters is 1. The molecule has 0 amide bonds. The van der Waals surface area contributed by atoms with Crippen LogP contribution in [-0.4, -0.2) is 30.3 Å². The SMILES string of the molecule is CCC[C@H](N)C(=O)OCCO[N+](=O)[O-]. The van der Waals surface area contributed by atoms with Crippen LogP contribution in [0.5, 0.6) is 0 Å². The zero-order valence-electron chi connectivity index (χ0n) is 7.97. The molecule has 2 N–H and O–H groups in total. The highest BCUT2D eigenvalue weighted by atomic mass is 17.0. The molecular weight excluding hydrogens is 192 g/mol. The lowest BCUT2D eigenvalue weighted by Gasteiger charge is -2.09. The summed E-state index contributed by atoms with van der Waals surface area (Å²) in [5.74, 6) is -0.557. The van der Waals surface area contributed by atoms with Gasteiger partial charge in [-0.25, -0.2) is 0 Å². The van der Waals surface area contributed by atoms with Crippen LogP contribution in [0.2, 0.25) is 0 Å². The summed E-state index contributed by atoms with van der Waals surface area (Å²) in [6, 6.07) is -0.657. The Bertz CT molecular complexity index is 197. The molecule has 0 aliphatic rings. The predicted octanol–water partition coefficient (Wildman–Crippen LogP) is -0.135. The zero-order chi connectivity index (χ0) is 11.0.